The van der Waals surface area contributed by atoms with Crippen molar-refractivity contribution < 1.29 is 14.3 Å². The predicted octanol–water partition coefficient (Wildman–Crippen LogP) is 4.04. The second-order valence-corrected chi connectivity index (χ2v) is 5.82. The molecule has 4 heteroatoms. The summed E-state index contributed by atoms with van der Waals surface area (Å²) in [5.74, 6) is 1.18. The molecule has 0 unspecified atom stereocenters. The summed E-state index contributed by atoms with van der Waals surface area (Å²) in [6.07, 6.45) is 0.234. The molecular weight excluding hydrogens is 302 g/mol. The largest absolute Gasteiger partial charge is 0.497 e. The third-order valence-electron chi connectivity index (χ3n) is 3.93. The summed E-state index contributed by atoms with van der Waals surface area (Å²) in [4.78, 5) is 12.4. The fraction of sp³-hybridized carbons (Fsp3) is 0.350. The van der Waals surface area contributed by atoms with Crippen LogP contribution in [0.1, 0.15) is 37.4 Å². The number of nitrogens with one attached hydrogen (secondary N) is 1. The van der Waals surface area contributed by atoms with Gasteiger partial charge < -0.3 is 14.8 Å². The highest BCUT2D eigenvalue weighted by molar-refractivity contribution is 5.81. The summed E-state index contributed by atoms with van der Waals surface area (Å²) in [6, 6.07) is 15.4. The molecule has 0 bridgehead atoms. The second kappa shape index (κ2) is 8.39. The molecule has 0 radical (unpaired) electrons. The lowest BCUT2D eigenvalue weighted by molar-refractivity contribution is -0.128. The lowest BCUT2D eigenvalue weighted by atomic mass is 10.0. The van der Waals surface area contributed by atoms with Gasteiger partial charge in [0.25, 0.3) is 5.91 Å². The van der Waals surface area contributed by atoms with Crippen molar-refractivity contribution in [1.29, 1.82) is 0 Å². The maximum Gasteiger partial charge on any atom is 0.261 e. The van der Waals surface area contributed by atoms with Crippen molar-refractivity contribution in [3.05, 3.63) is 59.7 Å². The molecular formula is C20H25NO3. The fourth-order valence-corrected chi connectivity index (χ4v) is 2.44. The van der Waals surface area contributed by atoms with Gasteiger partial charge in [-0.3, -0.25) is 4.79 Å². The molecule has 0 spiro atoms. The minimum absolute atomic E-state index is 0.0190. The summed E-state index contributed by atoms with van der Waals surface area (Å²) in [7, 11) is 1.60. The highest BCUT2D eigenvalue weighted by Gasteiger charge is 2.19. The summed E-state index contributed by atoms with van der Waals surface area (Å²) in [6.45, 7) is 5.85. The molecule has 1 N–H and O–H groups in total. The van der Waals surface area contributed by atoms with E-state index in [1.54, 1.807) is 20.1 Å². The van der Waals surface area contributed by atoms with Gasteiger partial charge in [0.05, 0.1) is 13.2 Å². The molecule has 1 amide bonds. The molecule has 2 rings (SSSR count). The Bertz CT molecular complexity index is 667. The molecule has 0 aliphatic heterocycles. The first kappa shape index (κ1) is 17.9. The zero-order valence-electron chi connectivity index (χ0n) is 14.7. The van der Waals surface area contributed by atoms with Crippen LogP contribution < -0.4 is 14.8 Å². The maximum atomic E-state index is 12.4. The molecule has 128 valence electrons. The smallest absolute Gasteiger partial charge is 0.261 e. The van der Waals surface area contributed by atoms with Crippen molar-refractivity contribution >= 4 is 5.91 Å². The van der Waals surface area contributed by atoms with Crippen LogP contribution in [0.15, 0.2) is 48.5 Å². The number of carbonyl (C=O) groups excluding carboxylic acids is 1. The molecule has 0 saturated carbocycles. The van der Waals surface area contributed by atoms with E-state index >= 15 is 0 Å². The van der Waals surface area contributed by atoms with E-state index in [-0.39, 0.29) is 11.9 Å². The van der Waals surface area contributed by atoms with Crippen molar-refractivity contribution in [3.8, 4) is 11.5 Å². The zero-order valence-corrected chi connectivity index (χ0v) is 14.7. The van der Waals surface area contributed by atoms with Gasteiger partial charge in [-0.2, -0.15) is 0 Å². The van der Waals surface area contributed by atoms with Gasteiger partial charge in [0.2, 0.25) is 0 Å². The van der Waals surface area contributed by atoms with Crippen LogP contribution >= 0.6 is 0 Å². The molecule has 0 aliphatic carbocycles. The van der Waals surface area contributed by atoms with Crippen LogP contribution in [0.25, 0.3) is 0 Å². The van der Waals surface area contributed by atoms with Crippen molar-refractivity contribution in [2.45, 2.75) is 39.3 Å². The van der Waals surface area contributed by atoms with Gasteiger partial charge in [0.15, 0.2) is 6.10 Å². The Morgan fingerprint density at radius 2 is 1.79 bits per heavy atom. The van der Waals surface area contributed by atoms with Gasteiger partial charge in [-0.05, 0) is 38.0 Å². The van der Waals surface area contributed by atoms with Gasteiger partial charge in [-0.1, -0.05) is 42.8 Å². The molecule has 2 atom stereocenters. The van der Waals surface area contributed by atoms with E-state index in [2.05, 4.69) is 36.5 Å². The molecule has 0 aromatic heterocycles. The minimum atomic E-state index is -0.586. The average Bonchev–Trinajstić information content (AvgIpc) is 2.60. The lowest BCUT2D eigenvalue weighted by Gasteiger charge is -2.21. The number of ether oxygens (including phenoxy) is 2. The minimum Gasteiger partial charge on any atom is -0.497 e. The van der Waals surface area contributed by atoms with Crippen LogP contribution in [0.5, 0.6) is 11.5 Å². The highest BCUT2D eigenvalue weighted by Crippen LogP contribution is 2.21. The van der Waals surface area contributed by atoms with E-state index in [0.29, 0.717) is 11.5 Å². The average molecular weight is 327 g/mol. The van der Waals surface area contributed by atoms with E-state index < -0.39 is 6.10 Å². The number of rotatable bonds is 7. The second-order valence-electron chi connectivity index (χ2n) is 5.82. The van der Waals surface area contributed by atoms with Crippen LogP contribution in [0.3, 0.4) is 0 Å². The summed E-state index contributed by atoms with van der Waals surface area (Å²) >= 11 is 0. The number of aryl methyl sites for hydroxylation is 1. The molecule has 0 heterocycles. The topological polar surface area (TPSA) is 47.6 Å². The lowest BCUT2D eigenvalue weighted by Crippen LogP contribution is -2.38. The third-order valence-corrected chi connectivity index (χ3v) is 3.93. The van der Waals surface area contributed by atoms with Gasteiger partial charge in [-0.25, -0.2) is 0 Å². The van der Waals surface area contributed by atoms with E-state index in [0.717, 1.165) is 12.0 Å². The zero-order chi connectivity index (χ0) is 17.5. The Morgan fingerprint density at radius 3 is 2.42 bits per heavy atom. The monoisotopic (exact) mass is 327 g/mol. The van der Waals surface area contributed by atoms with Crippen LogP contribution in [0.2, 0.25) is 0 Å². The third kappa shape index (κ3) is 4.75. The maximum absolute atomic E-state index is 12.4. The van der Waals surface area contributed by atoms with Crippen molar-refractivity contribution in [1.82, 2.24) is 5.32 Å². The molecule has 4 nitrogen and oxygen atoms in total. The Balaban J connectivity index is 2.00. The molecule has 0 fully saturated rings. The predicted molar refractivity (Wildman–Crippen MR) is 95.4 cm³/mol. The first-order chi connectivity index (χ1) is 11.5. The quantitative estimate of drug-likeness (QED) is 0.835. The molecule has 2 aromatic rings. The summed E-state index contributed by atoms with van der Waals surface area (Å²) in [5.41, 5.74) is 2.31. The van der Waals surface area contributed by atoms with Crippen LogP contribution in [-0.4, -0.2) is 19.1 Å². The Hall–Kier alpha value is -2.49. The standard InChI is InChI=1S/C20H25NO3/c1-5-19(16-11-9-14(2)10-12-16)21-20(22)15(3)24-18-8-6-7-17(13-18)23-4/h6-13,15,19H,5H2,1-4H3,(H,21,22)/t15-,19-/m1/s1. The normalized spacial score (nSPS) is 13.0. The van der Waals surface area contributed by atoms with E-state index in [1.807, 2.05) is 25.1 Å². The van der Waals surface area contributed by atoms with Crippen molar-refractivity contribution in [2.24, 2.45) is 0 Å². The molecule has 0 aliphatic rings. The van der Waals surface area contributed by atoms with Crippen LogP contribution in [0, 0.1) is 6.92 Å². The number of hydrogen-bond acceptors (Lipinski definition) is 3. The number of carbonyl (C=O) groups is 1. The van der Waals surface area contributed by atoms with Crippen LogP contribution in [0.4, 0.5) is 0 Å². The van der Waals surface area contributed by atoms with Crippen LogP contribution in [-0.2, 0) is 4.79 Å². The van der Waals surface area contributed by atoms with Gasteiger partial charge in [0, 0.05) is 6.07 Å². The fourth-order valence-electron chi connectivity index (χ4n) is 2.44. The van der Waals surface area contributed by atoms with E-state index in [1.165, 1.54) is 5.56 Å². The first-order valence-corrected chi connectivity index (χ1v) is 8.21. The van der Waals surface area contributed by atoms with E-state index in [9.17, 15) is 4.79 Å². The molecule has 0 saturated heterocycles. The van der Waals surface area contributed by atoms with Gasteiger partial charge >= 0.3 is 0 Å². The Morgan fingerprint density at radius 1 is 1.12 bits per heavy atom. The number of benzene rings is 2. The summed E-state index contributed by atoms with van der Waals surface area (Å²) in [5, 5.41) is 3.06. The van der Waals surface area contributed by atoms with Crippen molar-refractivity contribution in [2.75, 3.05) is 7.11 Å². The summed E-state index contributed by atoms with van der Waals surface area (Å²) < 4.78 is 10.9. The first-order valence-electron chi connectivity index (χ1n) is 8.21. The van der Waals surface area contributed by atoms with Gasteiger partial charge in [-0.15, -0.1) is 0 Å². The SMILES string of the molecule is CC[C@@H](NC(=O)[C@@H](C)Oc1cccc(OC)c1)c1ccc(C)cc1. The van der Waals surface area contributed by atoms with Crippen molar-refractivity contribution in [3.63, 3.8) is 0 Å². The Labute approximate surface area is 143 Å². The van der Waals surface area contributed by atoms with E-state index in [4.69, 9.17) is 9.47 Å². The Kier molecular flexibility index (Phi) is 6.24. The number of amides is 1. The number of hydrogen-bond donors (Lipinski definition) is 1. The number of methoxy groups -OCH3 is 1. The van der Waals surface area contributed by atoms with Gasteiger partial charge in [0.1, 0.15) is 11.5 Å². The highest BCUT2D eigenvalue weighted by atomic mass is 16.5. The molecule has 24 heavy (non-hydrogen) atoms. The molecule has 2 aromatic carbocycles.